The number of methoxy groups -OCH3 is 1. The predicted octanol–water partition coefficient (Wildman–Crippen LogP) is 3.73. The molecule has 2 heterocycles. The third-order valence-corrected chi connectivity index (χ3v) is 5.20. The Morgan fingerprint density at radius 1 is 1.27 bits per heavy atom. The molecule has 1 aromatic carbocycles. The van der Waals surface area contributed by atoms with Crippen LogP contribution < -0.4 is 4.74 Å². The molecule has 0 unspecified atom stereocenters. The van der Waals surface area contributed by atoms with Crippen LogP contribution in [0.2, 0.25) is 0 Å². The average molecular weight is 351 g/mol. The fourth-order valence-electron chi connectivity index (χ4n) is 3.93. The third kappa shape index (κ3) is 4.51. The van der Waals surface area contributed by atoms with Gasteiger partial charge in [-0.2, -0.15) is 0 Å². The first-order valence-corrected chi connectivity index (χ1v) is 9.27. The van der Waals surface area contributed by atoms with Crippen LogP contribution in [-0.2, 0) is 0 Å². The van der Waals surface area contributed by atoms with E-state index in [1.165, 1.54) is 12.0 Å². The van der Waals surface area contributed by atoms with Gasteiger partial charge >= 0.3 is 0 Å². The molecule has 1 saturated heterocycles. The Morgan fingerprint density at radius 3 is 2.88 bits per heavy atom. The Labute approximate surface area is 157 Å². The van der Waals surface area contributed by atoms with Gasteiger partial charge in [-0.3, -0.25) is 9.88 Å². The number of para-hydroxylation sites is 1. The van der Waals surface area contributed by atoms with Crippen LogP contribution in [0.1, 0.15) is 23.6 Å². The van der Waals surface area contributed by atoms with E-state index >= 15 is 0 Å². The maximum absolute atomic E-state index is 5.41. The van der Waals surface area contributed by atoms with Gasteiger partial charge in [0.15, 0.2) is 0 Å². The topological polar surface area (TPSA) is 28.6 Å². The van der Waals surface area contributed by atoms with E-state index in [9.17, 15) is 0 Å². The van der Waals surface area contributed by atoms with Crippen LogP contribution in [0.25, 0.3) is 6.08 Å². The van der Waals surface area contributed by atoms with E-state index < -0.39 is 0 Å². The van der Waals surface area contributed by atoms with Crippen LogP contribution >= 0.6 is 0 Å². The fraction of sp³-hybridized carbons (Fsp3) is 0.409. The normalized spacial score (nSPS) is 20.9. The standard InChI is InChI=1S/C22H29N3O/c1-24(14-7-10-18-8-4-5-11-21(18)26-3)17-20-12-15-25(2)22(20)19-9-6-13-23-16-19/h4-11,13,16,20,22H,12,14-15,17H2,1-3H3/b10-7+/t20-,22-/m0/s1. The third-order valence-electron chi connectivity index (χ3n) is 5.20. The molecule has 0 saturated carbocycles. The highest BCUT2D eigenvalue weighted by Crippen LogP contribution is 2.36. The van der Waals surface area contributed by atoms with E-state index in [1.54, 1.807) is 7.11 Å². The first-order valence-electron chi connectivity index (χ1n) is 9.27. The smallest absolute Gasteiger partial charge is 0.126 e. The van der Waals surface area contributed by atoms with Crippen molar-refractivity contribution in [2.75, 3.05) is 40.8 Å². The van der Waals surface area contributed by atoms with Gasteiger partial charge in [-0.05, 0) is 50.7 Å². The lowest BCUT2D eigenvalue weighted by Crippen LogP contribution is -2.30. The Balaban J connectivity index is 1.59. The van der Waals surface area contributed by atoms with Crippen LogP contribution in [0.4, 0.5) is 0 Å². The van der Waals surface area contributed by atoms with E-state index in [0.29, 0.717) is 12.0 Å². The summed E-state index contributed by atoms with van der Waals surface area (Å²) in [5, 5.41) is 0. The summed E-state index contributed by atoms with van der Waals surface area (Å²) in [7, 11) is 6.14. The highest BCUT2D eigenvalue weighted by molar-refractivity contribution is 5.57. The Kier molecular flexibility index (Phi) is 6.42. The second kappa shape index (κ2) is 8.97. The van der Waals surface area contributed by atoms with E-state index in [1.807, 2.05) is 36.7 Å². The molecule has 0 spiro atoms. The molecule has 0 aliphatic carbocycles. The summed E-state index contributed by atoms with van der Waals surface area (Å²) in [6.07, 6.45) is 9.46. The first-order chi connectivity index (χ1) is 12.7. The summed E-state index contributed by atoms with van der Waals surface area (Å²) >= 11 is 0. The Bertz CT molecular complexity index is 716. The number of benzene rings is 1. The second-order valence-electron chi connectivity index (χ2n) is 7.13. The molecule has 4 nitrogen and oxygen atoms in total. The van der Waals surface area contributed by atoms with Crippen LogP contribution in [0.3, 0.4) is 0 Å². The number of nitrogens with zero attached hydrogens (tertiary/aromatic N) is 3. The van der Waals surface area contributed by atoms with Crippen LogP contribution in [0.15, 0.2) is 54.9 Å². The largest absolute Gasteiger partial charge is 0.496 e. The fourth-order valence-corrected chi connectivity index (χ4v) is 3.93. The molecule has 2 atom stereocenters. The van der Waals surface area contributed by atoms with E-state index in [4.69, 9.17) is 4.74 Å². The molecule has 0 amide bonds. The molecule has 1 aliphatic rings. The van der Waals surface area contributed by atoms with Crippen molar-refractivity contribution in [3.05, 3.63) is 66.0 Å². The number of ether oxygens (including phenoxy) is 1. The van der Waals surface area contributed by atoms with Crippen molar-refractivity contribution < 1.29 is 4.74 Å². The molecule has 0 N–H and O–H groups in total. The monoisotopic (exact) mass is 351 g/mol. The SMILES string of the molecule is COc1ccccc1/C=C/CN(C)C[C@@H]1CCN(C)[C@H]1c1cccnc1. The minimum atomic E-state index is 0.462. The first kappa shape index (κ1) is 18.6. The molecule has 138 valence electrons. The molecular weight excluding hydrogens is 322 g/mol. The molecule has 4 heteroatoms. The van der Waals surface area contributed by atoms with Gasteiger partial charge in [-0.1, -0.05) is 36.4 Å². The number of rotatable bonds is 7. The van der Waals surface area contributed by atoms with E-state index in [-0.39, 0.29) is 0 Å². The lowest BCUT2D eigenvalue weighted by atomic mass is 9.94. The van der Waals surface area contributed by atoms with Crippen molar-refractivity contribution in [1.82, 2.24) is 14.8 Å². The van der Waals surface area contributed by atoms with Crippen LogP contribution in [0.5, 0.6) is 5.75 Å². The zero-order valence-corrected chi connectivity index (χ0v) is 16.0. The Morgan fingerprint density at radius 2 is 2.12 bits per heavy atom. The summed E-state index contributed by atoms with van der Waals surface area (Å²) < 4.78 is 5.41. The molecule has 0 radical (unpaired) electrons. The minimum Gasteiger partial charge on any atom is -0.496 e. The Hall–Kier alpha value is -2.17. The van der Waals surface area contributed by atoms with Gasteiger partial charge in [0.1, 0.15) is 5.75 Å². The van der Waals surface area contributed by atoms with Gasteiger partial charge in [-0.25, -0.2) is 0 Å². The summed E-state index contributed by atoms with van der Waals surface area (Å²) in [5.41, 5.74) is 2.45. The number of hydrogen-bond acceptors (Lipinski definition) is 4. The summed E-state index contributed by atoms with van der Waals surface area (Å²) in [6.45, 7) is 3.16. The zero-order chi connectivity index (χ0) is 18.4. The van der Waals surface area contributed by atoms with Gasteiger partial charge < -0.3 is 9.64 Å². The van der Waals surface area contributed by atoms with E-state index in [2.05, 4.69) is 53.2 Å². The van der Waals surface area contributed by atoms with Gasteiger partial charge in [0, 0.05) is 37.1 Å². The zero-order valence-electron chi connectivity index (χ0n) is 16.0. The van der Waals surface area contributed by atoms with Crippen molar-refractivity contribution in [3.63, 3.8) is 0 Å². The highest BCUT2D eigenvalue weighted by Gasteiger charge is 2.33. The van der Waals surface area contributed by atoms with Crippen molar-refractivity contribution in [2.45, 2.75) is 12.5 Å². The van der Waals surface area contributed by atoms with Crippen molar-refractivity contribution >= 4 is 6.08 Å². The van der Waals surface area contributed by atoms with Crippen molar-refractivity contribution in [2.24, 2.45) is 5.92 Å². The lowest BCUT2D eigenvalue weighted by molar-refractivity contribution is 0.228. The molecule has 3 rings (SSSR count). The molecular formula is C22H29N3O. The summed E-state index contributed by atoms with van der Waals surface area (Å²) in [5.74, 6) is 1.55. The average Bonchev–Trinajstić information content (AvgIpc) is 3.03. The quantitative estimate of drug-likeness (QED) is 0.760. The molecule has 1 aromatic heterocycles. The van der Waals surface area contributed by atoms with Gasteiger partial charge in [-0.15, -0.1) is 0 Å². The molecule has 2 aromatic rings. The molecule has 26 heavy (non-hydrogen) atoms. The number of pyridine rings is 1. The lowest BCUT2D eigenvalue weighted by Gasteiger charge is -2.28. The van der Waals surface area contributed by atoms with Crippen LogP contribution in [0, 0.1) is 5.92 Å². The maximum atomic E-state index is 5.41. The van der Waals surface area contributed by atoms with Gasteiger partial charge in [0.25, 0.3) is 0 Å². The van der Waals surface area contributed by atoms with Crippen molar-refractivity contribution in [1.29, 1.82) is 0 Å². The minimum absolute atomic E-state index is 0.462. The molecule has 0 bridgehead atoms. The highest BCUT2D eigenvalue weighted by atomic mass is 16.5. The second-order valence-corrected chi connectivity index (χ2v) is 7.13. The van der Waals surface area contributed by atoms with Gasteiger partial charge in [0.2, 0.25) is 0 Å². The van der Waals surface area contributed by atoms with E-state index in [0.717, 1.165) is 30.9 Å². The van der Waals surface area contributed by atoms with Gasteiger partial charge in [0.05, 0.1) is 7.11 Å². The van der Waals surface area contributed by atoms with Crippen LogP contribution in [-0.4, -0.2) is 55.6 Å². The number of likely N-dealkylation sites (N-methyl/N-ethyl adjacent to an activating group) is 1. The number of aromatic nitrogens is 1. The summed E-state index contributed by atoms with van der Waals surface area (Å²) in [4.78, 5) is 9.17. The summed E-state index contributed by atoms with van der Waals surface area (Å²) in [6, 6.07) is 12.8. The molecule has 1 aliphatic heterocycles. The molecule has 1 fully saturated rings. The van der Waals surface area contributed by atoms with Crippen molar-refractivity contribution in [3.8, 4) is 5.75 Å². The number of likely N-dealkylation sites (tertiary alicyclic amines) is 1. The maximum Gasteiger partial charge on any atom is 0.126 e. The number of hydrogen-bond donors (Lipinski definition) is 0. The predicted molar refractivity (Wildman–Crippen MR) is 107 cm³/mol.